The second-order valence-corrected chi connectivity index (χ2v) is 7.64. The maximum absolute atomic E-state index is 10.3. The van der Waals surface area contributed by atoms with E-state index < -0.39 is 0 Å². The first-order valence-electron chi connectivity index (χ1n) is 11.3. The van der Waals surface area contributed by atoms with Crippen LogP contribution in [-0.2, 0) is 4.79 Å². The summed E-state index contributed by atoms with van der Waals surface area (Å²) in [6.45, 7) is 3.33. The van der Waals surface area contributed by atoms with Crippen LogP contribution in [0, 0.1) is 0 Å². The molecular formula is C25H41NO. The predicted molar refractivity (Wildman–Crippen MR) is 120 cm³/mol. The van der Waals surface area contributed by atoms with E-state index in [0.717, 1.165) is 24.1 Å². The number of carbonyl (C=O) groups is 1. The predicted octanol–water partition coefficient (Wildman–Crippen LogP) is 7.79. The number of nitrogens with one attached hydrogen (secondary N) is 1. The Hall–Kier alpha value is -1.57. The molecule has 0 atom stereocenters. The van der Waals surface area contributed by atoms with Crippen molar-refractivity contribution in [2.75, 3.05) is 11.9 Å². The van der Waals surface area contributed by atoms with Gasteiger partial charge in [0.25, 0.3) is 0 Å². The van der Waals surface area contributed by atoms with Crippen molar-refractivity contribution >= 4 is 18.0 Å². The molecule has 1 aromatic rings. The summed E-state index contributed by atoms with van der Waals surface area (Å²) in [5.41, 5.74) is 2.22. The second-order valence-electron chi connectivity index (χ2n) is 7.64. The van der Waals surface area contributed by atoms with Crippen LogP contribution in [0.2, 0.25) is 0 Å². The van der Waals surface area contributed by atoms with Crippen LogP contribution in [0.25, 0.3) is 6.08 Å². The topological polar surface area (TPSA) is 29.1 Å². The monoisotopic (exact) mass is 371 g/mol. The van der Waals surface area contributed by atoms with Crippen LogP contribution in [0.4, 0.5) is 5.69 Å². The molecular weight excluding hydrogens is 330 g/mol. The summed E-state index contributed by atoms with van der Waals surface area (Å²) in [7, 11) is 0. The summed E-state index contributed by atoms with van der Waals surface area (Å²) in [6.07, 6.45) is 23.8. The number of benzene rings is 1. The number of allylic oxidation sites excluding steroid dienone is 1. The standard InChI is InChI=1S/C25H41NO/c1-2-3-4-5-6-7-8-9-10-11-12-13-14-15-22-26-25-20-18-24(19-21-25)17-16-23-27/h16-21,23,26H,2-15,22H2,1H3. The third-order valence-corrected chi connectivity index (χ3v) is 5.14. The lowest BCUT2D eigenvalue weighted by Gasteiger charge is -2.07. The Bertz CT molecular complexity index is 478. The van der Waals surface area contributed by atoms with Gasteiger partial charge in [-0.1, -0.05) is 109 Å². The molecule has 1 N–H and O–H groups in total. The molecule has 0 heterocycles. The zero-order valence-corrected chi connectivity index (χ0v) is 17.6. The van der Waals surface area contributed by atoms with E-state index in [1.54, 1.807) is 0 Å². The molecule has 0 saturated heterocycles. The Morgan fingerprint density at radius 1 is 0.704 bits per heavy atom. The van der Waals surface area contributed by atoms with Gasteiger partial charge >= 0.3 is 0 Å². The third-order valence-electron chi connectivity index (χ3n) is 5.14. The van der Waals surface area contributed by atoms with Crippen molar-refractivity contribution in [3.05, 3.63) is 35.9 Å². The number of unbranched alkanes of at least 4 members (excludes halogenated alkanes) is 13. The number of rotatable bonds is 18. The largest absolute Gasteiger partial charge is 0.385 e. The van der Waals surface area contributed by atoms with E-state index >= 15 is 0 Å². The average molecular weight is 372 g/mol. The molecule has 0 aliphatic rings. The molecule has 152 valence electrons. The molecule has 0 aliphatic carbocycles. The van der Waals surface area contributed by atoms with E-state index in [0.29, 0.717) is 0 Å². The fourth-order valence-corrected chi connectivity index (χ4v) is 3.41. The first-order valence-corrected chi connectivity index (χ1v) is 11.3. The van der Waals surface area contributed by atoms with Crippen molar-refractivity contribution in [3.8, 4) is 0 Å². The molecule has 0 unspecified atom stereocenters. The zero-order valence-electron chi connectivity index (χ0n) is 17.6. The smallest absolute Gasteiger partial charge is 0.142 e. The SMILES string of the molecule is CCCCCCCCCCCCCCCCNc1ccc(C=CC=O)cc1. The molecule has 0 radical (unpaired) electrons. The summed E-state index contributed by atoms with van der Waals surface area (Å²) in [4.78, 5) is 10.3. The van der Waals surface area contributed by atoms with Gasteiger partial charge in [0, 0.05) is 12.2 Å². The lowest BCUT2D eigenvalue weighted by molar-refractivity contribution is -0.104. The van der Waals surface area contributed by atoms with Gasteiger partial charge in [0.05, 0.1) is 0 Å². The molecule has 1 rings (SSSR count). The van der Waals surface area contributed by atoms with Crippen LogP contribution in [0.5, 0.6) is 0 Å². The zero-order chi connectivity index (χ0) is 19.4. The lowest BCUT2D eigenvalue weighted by Crippen LogP contribution is -2.01. The first kappa shape index (κ1) is 23.5. The summed E-state index contributed by atoms with van der Waals surface area (Å²) in [5.74, 6) is 0. The number of carbonyl (C=O) groups excluding carboxylic acids is 1. The highest BCUT2D eigenvalue weighted by atomic mass is 16.1. The number of hydrogen-bond donors (Lipinski definition) is 1. The lowest BCUT2D eigenvalue weighted by atomic mass is 10.0. The molecule has 0 spiro atoms. The number of aldehydes is 1. The quantitative estimate of drug-likeness (QED) is 0.162. The molecule has 0 fully saturated rings. The molecule has 0 bridgehead atoms. The summed E-state index contributed by atoms with van der Waals surface area (Å²) < 4.78 is 0. The van der Waals surface area contributed by atoms with Crippen molar-refractivity contribution < 1.29 is 4.79 Å². The highest BCUT2D eigenvalue weighted by molar-refractivity contribution is 5.74. The van der Waals surface area contributed by atoms with E-state index in [9.17, 15) is 4.79 Å². The minimum atomic E-state index is 0.807. The molecule has 2 heteroatoms. The Kier molecular flexibility index (Phi) is 15.5. The van der Waals surface area contributed by atoms with Gasteiger partial charge in [-0.25, -0.2) is 0 Å². The molecule has 27 heavy (non-hydrogen) atoms. The third kappa shape index (κ3) is 14.2. The van der Waals surface area contributed by atoms with Crippen LogP contribution in [-0.4, -0.2) is 12.8 Å². The Labute approximate surface area is 167 Å². The van der Waals surface area contributed by atoms with Gasteiger partial charge in [-0.15, -0.1) is 0 Å². The minimum absolute atomic E-state index is 0.807. The highest BCUT2D eigenvalue weighted by Crippen LogP contribution is 2.14. The van der Waals surface area contributed by atoms with Crippen molar-refractivity contribution in [2.45, 2.75) is 96.8 Å². The summed E-state index contributed by atoms with van der Waals surface area (Å²) in [5, 5.41) is 3.48. The van der Waals surface area contributed by atoms with Gasteiger partial charge in [0.15, 0.2) is 0 Å². The maximum atomic E-state index is 10.3. The van der Waals surface area contributed by atoms with Crippen LogP contribution in [0.1, 0.15) is 102 Å². The van der Waals surface area contributed by atoms with Gasteiger partial charge in [-0.2, -0.15) is 0 Å². The number of hydrogen-bond acceptors (Lipinski definition) is 2. The highest BCUT2D eigenvalue weighted by Gasteiger charge is 1.95. The van der Waals surface area contributed by atoms with Crippen LogP contribution in [0.3, 0.4) is 0 Å². The van der Waals surface area contributed by atoms with Crippen molar-refractivity contribution in [1.82, 2.24) is 0 Å². The van der Waals surface area contributed by atoms with Crippen molar-refractivity contribution in [3.63, 3.8) is 0 Å². The average Bonchev–Trinajstić information content (AvgIpc) is 2.70. The van der Waals surface area contributed by atoms with Gasteiger partial charge in [0.2, 0.25) is 0 Å². The Morgan fingerprint density at radius 3 is 1.67 bits per heavy atom. The van der Waals surface area contributed by atoms with E-state index in [1.165, 1.54) is 96.0 Å². The van der Waals surface area contributed by atoms with E-state index in [2.05, 4.69) is 24.4 Å². The normalized spacial score (nSPS) is 11.1. The molecule has 0 aliphatic heterocycles. The maximum Gasteiger partial charge on any atom is 0.142 e. The molecule has 2 nitrogen and oxygen atoms in total. The molecule has 0 saturated carbocycles. The van der Waals surface area contributed by atoms with Gasteiger partial charge in [-0.3, -0.25) is 4.79 Å². The van der Waals surface area contributed by atoms with Crippen LogP contribution < -0.4 is 5.32 Å². The van der Waals surface area contributed by atoms with Crippen molar-refractivity contribution in [2.24, 2.45) is 0 Å². The number of anilines is 1. The van der Waals surface area contributed by atoms with Gasteiger partial charge in [0.1, 0.15) is 6.29 Å². The fourth-order valence-electron chi connectivity index (χ4n) is 3.41. The first-order chi connectivity index (χ1) is 13.4. The molecule has 0 aromatic heterocycles. The Morgan fingerprint density at radius 2 is 1.19 bits per heavy atom. The molecule has 0 amide bonds. The summed E-state index contributed by atoms with van der Waals surface area (Å²) in [6, 6.07) is 8.23. The second kappa shape index (κ2) is 17.8. The van der Waals surface area contributed by atoms with Gasteiger partial charge < -0.3 is 5.32 Å². The van der Waals surface area contributed by atoms with E-state index in [4.69, 9.17) is 0 Å². The Balaban J connectivity index is 1.85. The van der Waals surface area contributed by atoms with E-state index in [-0.39, 0.29) is 0 Å². The van der Waals surface area contributed by atoms with Crippen molar-refractivity contribution in [1.29, 1.82) is 0 Å². The van der Waals surface area contributed by atoms with Crippen LogP contribution >= 0.6 is 0 Å². The summed E-state index contributed by atoms with van der Waals surface area (Å²) >= 11 is 0. The van der Waals surface area contributed by atoms with Crippen LogP contribution in [0.15, 0.2) is 30.3 Å². The fraction of sp³-hybridized carbons (Fsp3) is 0.640. The minimum Gasteiger partial charge on any atom is -0.385 e. The van der Waals surface area contributed by atoms with Gasteiger partial charge in [-0.05, 0) is 30.2 Å². The molecule has 1 aromatic carbocycles. The van der Waals surface area contributed by atoms with E-state index in [1.807, 2.05) is 18.2 Å².